The second kappa shape index (κ2) is 7.01. The topological polar surface area (TPSA) is 83.7 Å². The van der Waals surface area contributed by atoms with Crippen molar-refractivity contribution in [2.24, 2.45) is 0 Å². The van der Waals surface area contributed by atoms with E-state index < -0.39 is 12.1 Å². The van der Waals surface area contributed by atoms with Crippen LogP contribution in [0.25, 0.3) is 16.8 Å². The number of aromatic nitrogens is 2. The lowest BCUT2D eigenvalue weighted by Crippen LogP contribution is -2.06. The van der Waals surface area contributed by atoms with Gasteiger partial charge < -0.3 is 18.6 Å². The van der Waals surface area contributed by atoms with Gasteiger partial charge in [0.15, 0.2) is 17.6 Å². The lowest BCUT2D eigenvalue weighted by atomic mass is 10.2. The number of nitrogens with zero attached hydrogens (tertiary/aromatic N) is 2. The molecule has 1 atom stereocenters. The first-order valence-electron chi connectivity index (χ1n) is 7.84. The summed E-state index contributed by atoms with van der Waals surface area (Å²) in [5, 5.41) is 9.83. The van der Waals surface area contributed by atoms with Gasteiger partial charge in [0.05, 0.1) is 4.88 Å². The van der Waals surface area contributed by atoms with Gasteiger partial charge in [-0.2, -0.15) is 0 Å². The summed E-state index contributed by atoms with van der Waals surface area (Å²) < 4.78 is 21.4. The molecule has 1 aromatic carbocycles. The van der Waals surface area contributed by atoms with Crippen LogP contribution < -0.4 is 9.47 Å². The first kappa shape index (κ1) is 16.3. The standard InChI is InChI=1S/C18H14N2O5S/c1-11(17-19-20-18(25-17)15-3-2-8-26-15)24-16(21)7-5-12-4-6-13-14(9-12)23-10-22-13/h2-9,11H,10H2,1H3/b7-5+/t11-/m1/s1. The molecule has 2 aromatic heterocycles. The third kappa shape index (κ3) is 3.45. The van der Waals surface area contributed by atoms with E-state index in [0.717, 1.165) is 10.4 Å². The van der Waals surface area contributed by atoms with Crippen LogP contribution in [-0.2, 0) is 9.53 Å². The molecule has 3 heterocycles. The van der Waals surface area contributed by atoms with Crippen LogP contribution in [0.4, 0.5) is 0 Å². The van der Waals surface area contributed by atoms with Gasteiger partial charge in [0.1, 0.15) is 0 Å². The Morgan fingerprint density at radius 1 is 1.27 bits per heavy atom. The zero-order valence-corrected chi connectivity index (χ0v) is 14.6. The Bertz CT molecular complexity index is 948. The molecule has 26 heavy (non-hydrogen) atoms. The number of hydrogen-bond acceptors (Lipinski definition) is 8. The number of ether oxygens (including phenoxy) is 3. The van der Waals surface area contributed by atoms with Gasteiger partial charge in [-0.3, -0.25) is 0 Å². The van der Waals surface area contributed by atoms with Crippen molar-refractivity contribution < 1.29 is 23.4 Å². The number of benzene rings is 1. The zero-order chi connectivity index (χ0) is 17.9. The van der Waals surface area contributed by atoms with E-state index in [-0.39, 0.29) is 12.7 Å². The highest BCUT2D eigenvalue weighted by Crippen LogP contribution is 2.32. The number of fused-ring (bicyclic) bond motifs is 1. The smallest absolute Gasteiger partial charge is 0.331 e. The molecule has 0 bridgehead atoms. The van der Waals surface area contributed by atoms with Crippen LogP contribution in [0.1, 0.15) is 24.5 Å². The van der Waals surface area contributed by atoms with Gasteiger partial charge in [-0.15, -0.1) is 21.5 Å². The number of thiophene rings is 1. The molecule has 3 aromatic rings. The molecule has 0 spiro atoms. The maximum Gasteiger partial charge on any atom is 0.331 e. The predicted octanol–water partition coefficient (Wildman–Crippen LogP) is 3.84. The van der Waals surface area contributed by atoms with Gasteiger partial charge in [0.2, 0.25) is 6.79 Å². The number of esters is 1. The van der Waals surface area contributed by atoms with Gasteiger partial charge in [-0.05, 0) is 42.1 Å². The number of carbonyl (C=O) groups excluding carboxylic acids is 1. The first-order valence-corrected chi connectivity index (χ1v) is 8.72. The Balaban J connectivity index is 1.38. The van der Waals surface area contributed by atoms with E-state index in [9.17, 15) is 4.79 Å². The molecule has 0 fully saturated rings. The summed E-state index contributed by atoms with van der Waals surface area (Å²) >= 11 is 1.49. The van der Waals surface area contributed by atoms with Crippen LogP contribution in [-0.4, -0.2) is 23.0 Å². The second-order valence-corrected chi connectivity index (χ2v) is 6.40. The zero-order valence-electron chi connectivity index (χ0n) is 13.7. The molecule has 1 aliphatic rings. The van der Waals surface area contributed by atoms with Crippen LogP contribution >= 0.6 is 11.3 Å². The molecule has 0 N–H and O–H groups in total. The largest absolute Gasteiger partial charge is 0.454 e. The average Bonchev–Trinajstić information content (AvgIpc) is 3.40. The molecule has 0 aliphatic carbocycles. The van der Waals surface area contributed by atoms with Gasteiger partial charge in [-0.25, -0.2) is 4.79 Å². The Morgan fingerprint density at radius 2 is 2.15 bits per heavy atom. The Morgan fingerprint density at radius 3 is 3.00 bits per heavy atom. The highest BCUT2D eigenvalue weighted by atomic mass is 32.1. The maximum absolute atomic E-state index is 12.0. The summed E-state index contributed by atoms with van der Waals surface area (Å²) in [7, 11) is 0. The van der Waals surface area contributed by atoms with E-state index >= 15 is 0 Å². The summed E-state index contributed by atoms with van der Waals surface area (Å²) in [4.78, 5) is 12.9. The predicted molar refractivity (Wildman–Crippen MR) is 93.7 cm³/mol. The Kier molecular flexibility index (Phi) is 4.40. The van der Waals surface area contributed by atoms with Crippen molar-refractivity contribution in [2.45, 2.75) is 13.0 Å². The first-order chi connectivity index (χ1) is 12.7. The van der Waals surface area contributed by atoms with Crippen molar-refractivity contribution in [1.29, 1.82) is 0 Å². The lowest BCUT2D eigenvalue weighted by Gasteiger charge is -2.06. The monoisotopic (exact) mass is 370 g/mol. The van der Waals surface area contributed by atoms with Crippen molar-refractivity contribution in [3.8, 4) is 22.3 Å². The molecular formula is C18H14N2O5S. The molecule has 0 saturated heterocycles. The summed E-state index contributed by atoms with van der Waals surface area (Å²) in [5.41, 5.74) is 0.802. The van der Waals surface area contributed by atoms with E-state index in [1.807, 2.05) is 23.6 Å². The minimum Gasteiger partial charge on any atom is -0.454 e. The van der Waals surface area contributed by atoms with Crippen molar-refractivity contribution in [3.63, 3.8) is 0 Å². The summed E-state index contributed by atoms with van der Waals surface area (Å²) in [5.74, 6) is 1.50. The summed E-state index contributed by atoms with van der Waals surface area (Å²) in [6.45, 7) is 1.89. The second-order valence-electron chi connectivity index (χ2n) is 5.45. The highest BCUT2D eigenvalue weighted by molar-refractivity contribution is 7.13. The molecule has 4 rings (SSSR count). The van der Waals surface area contributed by atoms with E-state index in [1.54, 1.807) is 25.1 Å². The molecule has 0 radical (unpaired) electrons. The van der Waals surface area contributed by atoms with Crippen molar-refractivity contribution in [3.05, 3.63) is 53.2 Å². The number of carbonyl (C=O) groups is 1. The van der Waals surface area contributed by atoms with Crippen LogP contribution in [0.15, 0.2) is 46.2 Å². The van der Waals surface area contributed by atoms with Gasteiger partial charge >= 0.3 is 5.97 Å². The minimum atomic E-state index is -0.648. The van der Waals surface area contributed by atoms with E-state index in [1.165, 1.54) is 17.4 Å². The molecule has 0 saturated carbocycles. The molecule has 0 unspecified atom stereocenters. The van der Waals surface area contributed by atoms with Crippen molar-refractivity contribution in [1.82, 2.24) is 10.2 Å². The lowest BCUT2D eigenvalue weighted by molar-refractivity contribution is -0.143. The fraction of sp³-hybridized carbons (Fsp3) is 0.167. The molecule has 1 aliphatic heterocycles. The Hall–Kier alpha value is -3.13. The van der Waals surface area contributed by atoms with Crippen LogP contribution in [0, 0.1) is 0 Å². The fourth-order valence-corrected chi connectivity index (χ4v) is 2.99. The highest BCUT2D eigenvalue weighted by Gasteiger charge is 2.18. The molecule has 132 valence electrons. The quantitative estimate of drug-likeness (QED) is 0.498. The third-order valence-corrected chi connectivity index (χ3v) is 4.48. The fourth-order valence-electron chi connectivity index (χ4n) is 2.34. The minimum absolute atomic E-state index is 0.208. The summed E-state index contributed by atoms with van der Waals surface area (Å²) in [6, 6.07) is 9.19. The van der Waals surface area contributed by atoms with Gasteiger partial charge in [-0.1, -0.05) is 12.1 Å². The van der Waals surface area contributed by atoms with E-state index in [4.69, 9.17) is 18.6 Å². The number of hydrogen-bond donors (Lipinski definition) is 0. The van der Waals surface area contributed by atoms with Gasteiger partial charge in [0.25, 0.3) is 11.8 Å². The number of rotatable bonds is 5. The van der Waals surface area contributed by atoms with Crippen LogP contribution in [0.3, 0.4) is 0 Å². The molecule has 8 heteroatoms. The summed E-state index contributed by atoms with van der Waals surface area (Å²) in [6.07, 6.45) is 2.33. The van der Waals surface area contributed by atoms with Crippen LogP contribution in [0.5, 0.6) is 11.5 Å². The SMILES string of the molecule is C[C@@H](OC(=O)/C=C/c1ccc2c(c1)OCO2)c1nnc(-c2cccs2)o1. The van der Waals surface area contributed by atoms with Crippen molar-refractivity contribution >= 4 is 23.4 Å². The molecule has 7 nitrogen and oxygen atoms in total. The molecule has 0 amide bonds. The van der Waals surface area contributed by atoms with Crippen molar-refractivity contribution in [2.75, 3.05) is 6.79 Å². The Labute approximate surface area is 152 Å². The van der Waals surface area contributed by atoms with E-state index in [2.05, 4.69) is 10.2 Å². The maximum atomic E-state index is 12.0. The average molecular weight is 370 g/mol. The normalized spacial score (nSPS) is 13.9. The third-order valence-electron chi connectivity index (χ3n) is 3.62. The van der Waals surface area contributed by atoms with E-state index in [0.29, 0.717) is 17.4 Å². The molecular weight excluding hydrogens is 356 g/mol. The van der Waals surface area contributed by atoms with Crippen LogP contribution in [0.2, 0.25) is 0 Å². The van der Waals surface area contributed by atoms with Gasteiger partial charge in [0, 0.05) is 6.08 Å².